The number of anilines is 2. The topological polar surface area (TPSA) is 53.5 Å². The van der Waals surface area contributed by atoms with Crippen LogP contribution in [0.1, 0.15) is 24.0 Å². The van der Waals surface area contributed by atoms with Gasteiger partial charge >= 0.3 is 0 Å². The lowest BCUT2D eigenvalue weighted by molar-refractivity contribution is 0.413. The molecule has 26 heavy (non-hydrogen) atoms. The molecule has 6 heteroatoms. The molecule has 3 heterocycles. The van der Waals surface area contributed by atoms with Crippen molar-refractivity contribution in [3.63, 3.8) is 0 Å². The summed E-state index contributed by atoms with van der Waals surface area (Å²) in [6.07, 6.45) is 3.32. The number of rotatable bonds is 4. The van der Waals surface area contributed by atoms with Crippen LogP contribution in [-0.2, 0) is 13.0 Å². The van der Waals surface area contributed by atoms with Crippen LogP contribution in [0.2, 0.25) is 0 Å². The van der Waals surface area contributed by atoms with Crippen LogP contribution in [0.4, 0.5) is 11.6 Å². The molecule has 6 nitrogen and oxygen atoms in total. The maximum Gasteiger partial charge on any atom is 0.151 e. The predicted octanol–water partition coefficient (Wildman–Crippen LogP) is 2.24. The molecule has 4 rings (SSSR count). The Bertz CT molecular complexity index is 742. The molecule has 0 bridgehead atoms. The summed E-state index contributed by atoms with van der Waals surface area (Å²) in [7, 11) is 3.85. The quantitative estimate of drug-likeness (QED) is 0.910. The average Bonchev–Trinajstić information content (AvgIpc) is 2.73. The molecule has 1 fully saturated rings. The van der Waals surface area contributed by atoms with Gasteiger partial charge in [-0.2, -0.15) is 0 Å². The molecule has 2 aliphatic heterocycles. The Balaban J connectivity index is 1.45. The van der Waals surface area contributed by atoms with Gasteiger partial charge in [0, 0.05) is 26.2 Å². The first-order chi connectivity index (χ1) is 12.7. The lowest BCUT2D eigenvalue weighted by Crippen LogP contribution is -2.41. The highest BCUT2D eigenvalue weighted by Gasteiger charge is 2.21. The van der Waals surface area contributed by atoms with Crippen molar-refractivity contribution in [1.82, 2.24) is 15.5 Å². The van der Waals surface area contributed by atoms with E-state index in [4.69, 9.17) is 4.74 Å². The zero-order valence-electron chi connectivity index (χ0n) is 15.6. The second-order valence-corrected chi connectivity index (χ2v) is 7.15. The number of nitrogens with zero attached hydrogens (tertiary/aromatic N) is 4. The van der Waals surface area contributed by atoms with Crippen molar-refractivity contribution in [2.45, 2.75) is 31.8 Å². The number of benzene rings is 1. The summed E-state index contributed by atoms with van der Waals surface area (Å²) in [6, 6.07) is 11.1. The monoisotopic (exact) mass is 353 g/mol. The van der Waals surface area contributed by atoms with Gasteiger partial charge in [-0.15, -0.1) is 10.2 Å². The molecule has 1 aromatic carbocycles. The molecule has 0 atom stereocenters. The SMILES string of the molecule is COc1ccc2c(c1)CCN(c1ccc(N(C)C3CCNCC3)nn1)C2. The Morgan fingerprint density at radius 2 is 1.96 bits per heavy atom. The van der Waals surface area contributed by atoms with Gasteiger partial charge in [-0.3, -0.25) is 0 Å². The van der Waals surface area contributed by atoms with Gasteiger partial charge in [-0.25, -0.2) is 0 Å². The molecule has 0 aliphatic carbocycles. The minimum absolute atomic E-state index is 0.549. The van der Waals surface area contributed by atoms with Gasteiger partial charge in [0.25, 0.3) is 0 Å². The number of piperidine rings is 1. The zero-order chi connectivity index (χ0) is 17.9. The first-order valence-electron chi connectivity index (χ1n) is 9.42. The first kappa shape index (κ1) is 17.1. The van der Waals surface area contributed by atoms with E-state index < -0.39 is 0 Å². The fraction of sp³-hybridized carbons (Fsp3) is 0.500. The fourth-order valence-electron chi connectivity index (χ4n) is 3.91. The average molecular weight is 353 g/mol. The van der Waals surface area contributed by atoms with Gasteiger partial charge in [0.05, 0.1) is 7.11 Å². The molecule has 0 amide bonds. The molecule has 0 spiro atoms. The summed E-state index contributed by atoms with van der Waals surface area (Å²) in [4.78, 5) is 4.57. The number of fused-ring (bicyclic) bond motifs is 1. The Morgan fingerprint density at radius 3 is 2.69 bits per heavy atom. The Hall–Kier alpha value is -2.34. The molecule has 2 aliphatic rings. The molecule has 1 N–H and O–H groups in total. The molecular formula is C20H27N5O. The molecule has 138 valence electrons. The third-order valence-corrected chi connectivity index (χ3v) is 5.60. The fourth-order valence-corrected chi connectivity index (χ4v) is 3.91. The van der Waals surface area contributed by atoms with Crippen LogP contribution < -0.4 is 19.9 Å². The normalized spacial score (nSPS) is 17.7. The van der Waals surface area contributed by atoms with E-state index in [-0.39, 0.29) is 0 Å². The number of nitrogens with one attached hydrogen (secondary N) is 1. The Labute approximate surface area is 155 Å². The van der Waals surface area contributed by atoms with E-state index in [1.54, 1.807) is 7.11 Å². The van der Waals surface area contributed by atoms with Crippen LogP contribution in [0.15, 0.2) is 30.3 Å². The molecular weight excluding hydrogens is 326 g/mol. The van der Waals surface area contributed by atoms with Gasteiger partial charge in [-0.05, 0) is 67.7 Å². The molecule has 0 saturated carbocycles. The predicted molar refractivity (Wildman–Crippen MR) is 104 cm³/mol. The molecule has 0 unspecified atom stereocenters. The minimum Gasteiger partial charge on any atom is -0.497 e. The van der Waals surface area contributed by atoms with E-state index in [0.717, 1.165) is 62.8 Å². The summed E-state index contributed by atoms with van der Waals surface area (Å²) in [5.74, 6) is 2.85. The van der Waals surface area contributed by atoms with E-state index in [1.165, 1.54) is 11.1 Å². The summed E-state index contributed by atoms with van der Waals surface area (Å²) >= 11 is 0. The van der Waals surface area contributed by atoms with Gasteiger partial charge in [0.2, 0.25) is 0 Å². The van der Waals surface area contributed by atoms with Crippen LogP contribution in [-0.4, -0.2) is 50.0 Å². The van der Waals surface area contributed by atoms with E-state index in [0.29, 0.717) is 6.04 Å². The lowest BCUT2D eigenvalue weighted by atomic mass is 9.99. The van der Waals surface area contributed by atoms with E-state index in [1.807, 2.05) is 6.07 Å². The summed E-state index contributed by atoms with van der Waals surface area (Å²) in [5.41, 5.74) is 2.71. The number of aromatic nitrogens is 2. The summed E-state index contributed by atoms with van der Waals surface area (Å²) in [6.45, 7) is 3.99. The Morgan fingerprint density at radius 1 is 1.12 bits per heavy atom. The third kappa shape index (κ3) is 3.46. The second kappa shape index (κ2) is 7.50. The zero-order valence-corrected chi connectivity index (χ0v) is 15.6. The van der Waals surface area contributed by atoms with Crippen LogP contribution in [0.3, 0.4) is 0 Å². The number of methoxy groups -OCH3 is 1. The van der Waals surface area contributed by atoms with Crippen molar-refractivity contribution in [2.24, 2.45) is 0 Å². The highest BCUT2D eigenvalue weighted by atomic mass is 16.5. The van der Waals surface area contributed by atoms with E-state index in [2.05, 4.69) is 56.6 Å². The van der Waals surface area contributed by atoms with Crippen molar-refractivity contribution in [1.29, 1.82) is 0 Å². The second-order valence-electron chi connectivity index (χ2n) is 7.15. The highest BCUT2D eigenvalue weighted by molar-refractivity contribution is 5.48. The van der Waals surface area contributed by atoms with Gasteiger partial charge in [0.15, 0.2) is 11.6 Å². The molecule has 1 saturated heterocycles. The minimum atomic E-state index is 0.549. The highest BCUT2D eigenvalue weighted by Crippen LogP contribution is 2.27. The standard InChI is InChI=1S/C20H27N5O/c1-24(17-7-10-21-11-8-17)19-5-6-20(23-22-19)25-12-9-15-13-18(26-2)4-3-16(15)14-25/h3-6,13,17,21H,7-12,14H2,1-2H3. The third-order valence-electron chi connectivity index (χ3n) is 5.60. The molecule has 0 radical (unpaired) electrons. The van der Waals surface area contributed by atoms with Crippen molar-refractivity contribution in [2.75, 3.05) is 43.6 Å². The van der Waals surface area contributed by atoms with Crippen molar-refractivity contribution in [3.8, 4) is 5.75 Å². The van der Waals surface area contributed by atoms with Gasteiger partial charge < -0.3 is 19.9 Å². The van der Waals surface area contributed by atoms with Gasteiger partial charge in [0.1, 0.15) is 5.75 Å². The first-order valence-corrected chi connectivity index (χ1v) is 9.42. The summed E-state index contributed by atoms with van der Waals surface area (Å²) in [5, 5.41) is 12.4. The maximum absolute atomic E-state index is 5.33. The van der Waals surface area contributed by atoms with Crippen molar-refractivity contribution in [3.05, 3.63) is 41.5 Å². The van der Waals surface area contributed by atoms with Crippen molar-refractivity contribution < 1.29 is 4.74 Å². The Kier molecular flexibility index (Phi) is 4.93. The van der Waals surface area contributed by atoms with Crippen LogP contribution in [0.5, 0.6) is 5.75 Å². The lowest BCUT2D eigenvalue weighted by Gasteiger charge is -2.33. The maximum atomic E-state index is 5.33. The van der Waals surface area contributed by atoms with Crippen LogP contribution in [0.25, 0.3) is 0 Å². The number of hydrogen-bond donors (Lipinski definition) is 1. The van der Waals surface area contributed by atoms with Gasteiger partial charge in [-0.1, -0.05) is 6.07 Å². The number of ether oxygens (including phenoxy) is 1. The van der Waals surface area contributed by atoms with E-state index >= 15 is 0 Å². The molecule has 1 aromatic heterocycles. The van der Waals surface area contributed by atoms with E-state index in [9.17, 15) is 0 Å². The smallest absolute Gasteiger partial charge is 0.151 e. The largest absolute Gasteiger partial charge is 0.497 e. The van der Waals surface area contributed by atoms with Crippen LogP contribution >= 0.6 is 0 Å². The van der Waals surface area contributed by atoms with Crippen LogP contribution in [0, 0.1) is 0 Å². The number of hydrogen-bond acceptors (Lipinski definition) is 6. The summed E-state index contributed by atoms with van der Waals surface area (Å²) < 4.78 is 5.33. The van der Waals surface area contributed by atoms with Crippen molar-refractivity contribution >= 4 is 11.6 Å². The molecule has 2 aromatic rings.